The van der Waals surface area contributed by atoms with Crippen molar-refractivity contribution in [2.45, 2.75) is 19.8 Å². The Bertz CT molecular complexity index is 863. The van der Waals surface area contributed by atoms with Crippen molar-refractivity contribution in [3.63, 3.8) is 0 Å². The fourth-order valence-corrected chi connectivity index (χ4v) is 2.99. The van der Waals surface area contributed by atoms with Crippen LogP contribution in [0.4, 0.5) is 0 Å². The van der Waals surface area contributed by atoms with Crippen LogP contribution < -0.4 is 10.1 Å². The molecule has 1 aliphatic heterocycles. The Balaban J connectivity index is 1.42. The molecule has 0 bridgehead atoms. The van der Waals surface area contributed by atoms with Crippen LogP contribution in [-0.4, -0.2) is 42.3 Å². The summed E-state index contributed by atoms with van der Waals surface area (Å²) in [6, 6.07) is 14.7. The molecule has 0 aromatic heterocycles. The van der Waals surface area contributed by atoms with Crippen LogP contribution in [0.15, 0.2) is 48.5 Å². The van der Waals surface area contributed by atoms with Gasteiger partial charge in [-0.3, -0.25) is 19.3 Å². The van der Waals surface area contributed by atoms with Gasteiger partial charge in [-0.15, -0.1) is 0 Å². The molecule has 6 nitrogen and oxygen atoms in total. The summed E-state index contributed by atoms with van der Waals surface area (Å²) >= 11 is 0. The van der Waals surface area contributed by atoms with Gasteiger partial charge in [-0.2, -0.15) is 0 Å². The Kier molecular flexibility index (Phi) is 5.86. The van der Waals surface area contributed by atoms with E-state index in [2.05, 4.69) is 5.32 Å². The lowest BCUT2D eigenvalue weighted by atomic mass is 9.98. The monoisotopic (exact) mass is 366 g/mol. The van der Waals surface area contributed by atoms with Crippen LogP contribution in [0.3, 0.4) is 0 Å². The second-order valence-electron chi connectivity index (χ2n) is 6.45. The zero-order valence-corrected chi connectivity index (χ0v) is 15.2. The highest BCUT2D eigenvalue weighted by molar-refractivity contribution is 6.09. The number of benzene rings is 2. The van der Waals surface area contributed by atoms with E-state index in [4.69, 9.17) is 4.74 Å². The van der Waals surface area contributed by atoms with Crippen LogP contribution in [0, 0.1) is 6.92 Å². The summed E-state index contributed by atoms with van der Waals surface area (Å²) < 4.78 is 5.57. The molecule has 3 amide bonds. The molecule has 0 fully saturated rings. The SMILES string of the molecule is Cc1cccc(OCCNC(=O)CCN2C(=O)Cc3ccccc3C2=O)c1. The maximum Gasteiger partial charge on any atom is 0.260 e. The number of amides is 3. The van der Waals surface area contributed by atoms with Crippen LogP contribution >= 0.6 is 0 Å². The molecule has 0 saturated carbocycles. The first kappa shape index (κ1) is 18.6. The Morgan fingerprint density at radius 1 is 1.15 bits per heavy atom. The number of imide groups is 1. The molecule has 0 radical (unpaired) electrons. The third-order valence-corrected chi connectivity index (χ3v) is 4.38. The molecular weight excluding hydrogens is 344 g/mol. The lowest BCUT2D eigenvalue weighted by molar-refractivity contribution is -0.129. The van der Waals surface area contributed by atoms with Crippen molar-refractivity contribution in [1.82, 2.24) is 10.2 Å². The summed E-state index contributed by atoms with van der Waals surface area (Å²) in [5.41, 5.74) is 2.37. The lowest BCUT2D eigenvalue weighted by Crippen LogP contribution is -2.44. The summed E-state index contributed by atoms with van der Waals surface area (Å²) in [4.78, 5) is 37.8. The molecule has 0 aliphatic carbocycles. The average Bonchev–Trinajstić information content (AvgIpc) is 2.65. The number of hydrogen-bond donors (Lipinski definition) is 1. The Morgan fingerprint density at radius 3 is 2.78 bits per heavy atom. The van der Waals surface area contributed by atoms with Crippen LogP contribution in [0.1, 0.15) is 27.9 Å². The molecule has 2 aromatic rings. The molecule has 27 heavy (non-hydrogen) atoms. The van der Waals surface area contributed by atoms with Crippen molar-refractivity contribution in [3.05, 3.63) is 65.2 Å². The van der Waals surface area contributed by atoms with Crippen molar-refractivity contribution < 1.29 is 19.1 Å². The summed E-state index contributed by atoms with van der Waals surface area (Å²) in [5, 5.41) is 2.74. The molecule has 6 heteroatoms. The quantitative estimate of drug-likeness (QED) is 0.601. The minimum absolute atomic E-state index is 0.0735. The minimum Gasteiger partial charge on any atom is -0.492 e. The van der Waals surface area contributed by atoms with E-state index >= 15 is 0 Å². The molecular formula is C21H22N2O4. The zero-order chi connectivity index (χ0) is 19.2. The maximum atomic E-state index is 12.4. The molecule has 0 saturated heterocycles. The van der Waals surface area contributed by atoms with Gasteiger partial charge < -0.3 is 10.1 Å². The number of hydrogen-bond acceptors (Lipinski definition) is 4. The van der Waals surface area contributed by atoms with Gasteiger partial charge in [-0.25, -0.2) is 0 Å². The highest BCUT2D eigenvalue weighted by Crippen LogP contribution is 2.19. The number of fused-ring (bicyclic) bond motifs is 1. The van der Waals surface area contributed by atoms with Gasteiger partial charge in [0.25, 0.3) is 5.91 Å². The molecule has 0 unspecified atom stereocenters. The molecule has 2 aromatic carbocycles. The molecule has 0 atom stereocenters. The largest absolute Gasteiger partial charge is 0.492 e. The highest BCUT2D eigenvalue weighted by Gasteiger charge is 2.30. The van der Waals surface area contributed by atoms with Gasteiger partial charge in [-0.1, -0.05) is 30.3 Å². The summed E-state index contributed by atoms with van der Waals surface area (Å²) in [7, 11) is 0. The summed E-state index contributed by atoms with van der Waals surface area (Å²) in [6.45, 7) is 2.77. The Labute approximate surface area is 158 Å². The lowest BCUT2D eigenvalue weighted by Gasteiger charge is -2.26. The summed E-state index contributed by atoms with van der Waals surface area (Å²) in [6.07, 6.45) is 0.262. The van der Waals surface area contributed by atoms with Crippen molar-refractivity contribution >= 4 is 17.7 Å². The Morgan fingerprint density at radius 2 is 1.96 bits per heavy atom. The average molecular weight is 366 g/mol. The normalized spacial score (nSPS) is 13.3. The van der Waals surface area contributed by atoms with Gasteiger partial charge in [0, 0.05) is 18.5 Å². The van der Waals surface area contributed by atoms with Crippen molar-refractivity contribution in [1.29, 1.82) is 0 Å². The van der Waals surface area contributed by atoms with Gasteiger partial charge in [-0.05, 0) is 36.2 Å². The number of aryl methyl sites for hydroxylation is 1. The first-order valence-corrected chi connectivity index (χ1v) is 8.93. The standard InChI is InChI=1S/C21H22N2O4/c1-15-5-4-7-17(13-15)27-12-10-22-19(24)9-11-23-20(25)14-16-6-2-3-8-18(16)21(23)26/h2-8,13H,9-12,14H2,1H3,(H,22,24). The number of nitrogens with zero attached hydrogens (tertiary/aromatic N) is 1. The van der Waals surface area contributed by atoms with E-state index in [0.717, 1.165) is 21.8 Å². The number of ether oxygens (including phenoxy) is 1. The van der Waals surface area contributed by atoms with Gasteiger partial charge in [0.05, 0.1) is 13.0 Å². The van der Waals surface area contributed by atoms with Gasteiger partial charge in [0.2, 0.25) is 11.8 Å². The molecule has 0 spiro atoms. The number of rotatable bonds is 7. The van der Waals surface area contributed by atoms with Crippen molar-refractivity contribution in [2.24, 2.45) is 0 Å². The topological polar surface area (TPSA) is 75.7 Å². The first-order chi connectivity index (χ1) is 13.0. The van der Waals surface area contributed by atoms with E-state index < -0.39 is 0 Å². The third kappa shape index (κ3) is 4.73. The Hall–Kier alpha value is -3.15. The smallest absolute Gasteiger partial charge is 0.260 e. The van der Waals surface area contributed by atoms with Gasteiger partial charge >= 0.3 is 0 Å². The van der Waals surface area contributed by atoms with E-state index in [-0.39, 0.29) is 37.1 Å². The van der Waals surface area contributed by atoms with E-state index in [0.29, 0.717) is 18.7 Å². The second-order valence-corrected chi connectivity index (χ2v) is 6.45. The van der Waals surface area contributed by atoms with Crippen LogP contribution in [0.5, 0.6) is 5.75 Å². The highest BCUT2D eigenvalue weighted by atomic mass is 16.5. The number of carbonyl (C=O) groups excluding carboxylic acids is 3. The molecule has 1 N–H and O–H groups in total. The second kappa shape index (κ2) is 8.49. The molecule has 1 aliphatic rings. The number of carbonyl (C=O) groups is 3. The zero-order valence-electron chi connectivity index (χ0n) is 15.2. The molecule has 140 valence electrons. The minimum atomic E-state index is -0.336. The van der Waals surface area contributed by atoms with Crippen LogP contribution in [0.25, 0.3) is 0 Å². The van der Waals surface area contributed by atoms with Crippen LogP contribution in [0.2, 0.25) is 0 Å². The third-order valence-electron chi connectivity index (χ3n) is 4.38. The summed E-state index contributed by atoms with van der Waals surface area (Å²) in [5.74, 6) is -0.0681. The fraction of sp³-hybridized carbons (Fsp3) is 0.286. The van der Waals surface area contributed by atoms with E-state index in [1.165, 1.54) is 0 Å². The predicted octanol–water partition coefficient (Wildman–Crippen LogP) is 2.11. The van der Waals surface area contributed by atoms with Crippen molar-refractivity contribution in [2.75, 3.05) is 19.7 Å². The predicted molar refractivity (Wildman–Crippen MR) is 100 cm³/mol. The first-order valence-electron chi connectivity index (χ1n) is 8.93. The van der Waals surface area contributed by atoms with Gasteiger partial charge in [0.15, 0.2) is 0 Å². The van der Waals surface area contributed by atoms with Gasteiger partial charge in [0.1, 0.15) is 12.4 Å². The van der Waals surface area contributed by atoms with E-state index in [1.807, 2.05) is 31.2 Å². The molecule has 3 rings (SSSR count). The van der Waals surface area contributed by atoms with Crippen LogP contribution in [-0.2, 0) is 16.0 Å². The fourth-order valence-electron chi connectivity index (χ4n) is 2.99. The van der Waals surface area contributed by atoms with Crippen molar-refractivity contribution in [3.8, 4) is 5.75 Å². The number of nitrogens with one attached hydrogen (secondary N) is 1. The van der Waals surface area contributed by atoms with E-state index in [9.17, 15) is 14.4 Å². The maximum absolute atomic E-state index is 12.4. The molecule has 1 heterocycles. The van der Waals surface area contributed by atoms with E-state index in [1.54, 1.807) is 24.3 Å².